The Morgan fingerprint density at radius 3 is 2.17 bits per heavy atom. The minimum Gasteiger partial charge on any atom is -0.101 e. The summed E-state index contributed by atoms with van der Waals surface area (Å²) in [5.41, 5.74) is 0. The van der Waals surface area contributed by atoms with Crippen LogP contribution in [0.2, 0.25) is 13.6 Å². The maximum atomic E-state index is 5.32. The molecule has 0 aliphatic rings. The average molecular weight is 73.3 g/mol. The molecule has 0 aromatic heterocycles. The van der Waals surface area contributed by atoms with Crippen molar-refractivity contribution >= 4 is 28.5 Å². The van der Waals surface area contributed by atoms with Crippen LogP contribution in [0.5, 0.6) is 0 Å². The molecule has 0 heterocycles. The molecule has 0 bridgehead atoms. The first-order chi connectivity index (χ1) is 2.77. The highest BCUT2D eigenvalue weighted by Crippen LogP contribution is 1.63. The van der Waals surface area contributed by atoms with E-state index in [4.69, 9.17) is 7.74 Å². The first-order valence-electron chi connectivity index (χ1n) is 2.15. The fourth-order valence-corrected chi connectivity index (χ4v) is 0.304. The van der Waals surface area contributed by atoms with Crippen molar-refractivity contribution in [3.8, 4) is 0 Å². The number of rotatable bonds is 2. The van der Waals surface area contributed by atoms with E-state index < -0.39 is 0 Å². The maximum Gasteiger partial charge on any atom is 0.0510 e. The van der Waals surface area contributed by atoms with Gasteiger partial charge in [0.1, 0.15) is 0 Å². The lowest BCUT2D eigenvalue weighted by Gasteiger charge is -1.89. The highest BCUT2D eigenvalue weighted by molar-refractivity contribution is 7.48. The fraction of sp³-hybridized carbons (Fsp3) is 1.00. The Morgan fingerprint density at radius 1 is 1.67 bits per heavy atom. The van der Waals surface area contributed by atoms with E-state index in [9.17, 15) is 0 Å². The molecule has 0 fully saturated rings. The molecule has 0 aliphatic carbocycles. The van der Waals surface area contributed by atoms with Crippen LogP contribution >= 0.6 is 0 Å². The van der Waals surface area contributed by atoms with Gasteiger partial charge in [-0.25, -0.2) is 0 Å². The maximum absolute atomic E-state index is 5.32. The van der Waals surface area contributed by atoms with Gasteiger partial charge in [-0.1, -0.05) is 0 Å². The van der Waals surface area contributed by atoms with Crippen molar-refractivity contribution in [2.45, 2.75) is 13.6 Å². The second-order valence-electron chi connectivity index (χ2n) is 1.38. The van der Waals surface area contributed by atoms with Gasteiger partial charge in [0, 0.05) is 21.3 Å². The largest absolute Gasteiger partial charge is 0.101 e. The molecule has 4 radical (unpaired) electrons. The molecule has 26 valence electrons. The van der Waals surface area contributed by atoms with Gasteiger partial charge >= 0.3 is 0 Å². The van der Waals surface area contributed by atoms with Gasteiger partial charge in [-0.15, -0.1) is 13.6 Å². The molecule has 0 unspecified atom stereocenters. The average Bonchev–Trinajstić information content (AvgIpc) is 1.35. The van der Waals surface area contributed by atoms with Crippen LogP contribution in [0.3, 0.4) is 0 Å². The van der Waals surface area contributed by atoms with Crippen molar-refractivity contribution in [2.24, 2.45) is 0 Å². The summed E-state index contributed by atoms with van der Waals surface area (Å²) in [7, 11) is 9.21. The molecule has 0 aromatic rings. The summed E-state index contributed by atoms with van der Waals surface area (Å²) in [4.78, 5) is 0. The molecule has 6 heavy (non-hydrogen) atoms. The molecule has 0 rings (SSSR count). The smallest absolute Gasteiger partial charge is 0.0510 e. The quantitative estimate of drug-likeness (QED) is 0.392. The molecule has 0 amide bonds. The first-order valence-corrected chi connectivity index (χ1v) is 2.15. The topological polar surface area (TPSA) is 0 Å². The van der Waals surface area contributed by atoms with E-state index in [0.717, 1.165) is 0 Å². The number of hydrogen-bond acceptors (Lipinski definition) is 0. The van der Waals surface area contributed by atoms with E-state index >= 15 is 0 Å². The molecule has 0 nitrogen and oxygen atoms in total. The minimum atomic E-state index is 0.218. The lowest BCUT2D eigenvalue weighted by molar-refractivity contribution is 2.32. The molecule has 0 aromatic carbocycles. The van der Waals surface area contributed by atoms with Gasteiger partial charge in [-0.05, 0) is 0 Å². The van der Waals surface area contributed by atoms with E-state index in [2.05, 4.69) is 0 Å². The van der Waals surface area contributed by atoms with Crippen LogP contribution in [0, 0.1) is 0 Å². The monoisotopic (exact) mass is 74.1 g/mol. The third kappa shape index (κ3) is 4.26. The van der Waals surface area contributed by atoms with E-state index in [0.29, 0.717) is 0 Å². The Bertz CT molecular complexity index is 26.7. The normalized spacial score (nSPS) is 7.00. The van der Waals surface area contributed by atoms with E-state index in [-0.39, 0.29) is 6.49 Å². The second-order valence-corrected chi connectivity index (χ2v) is 1.38. The number of hydrogen-bond donors (Lipinski definition) is 0. The van der Waals surface area contributed by atoms with Gasteiger partial charge in [0.2, 0.25) is 0 Å². The van der Waals surface area contributed by atoms with Gasteiger partial charge in [0.25, 0.3) is 0 Å². The van der Waals surface area contributed by atoms with Crippen LogP contribution in [0.25, 0.3) is 0 Å². The van der Waals surface area contributed by atoms with Gasteiger partial charge in [-0.3, -0.25) is 0 Å². The summed E-state index contributed by atoms with van der Waals surface area (Å²) in [6.07, 6.45) is 0. The zero-order chi connectivity index (χ0) is 4.99. The van der Waals surface area contributed by atoms with Crippen molar-refractivity contribution in [2.75, 3.05) is 0 Å². The fourth-order valence-electron chi connectivity index (χ4n) is 0.304. The van der Waals surface area contributed by atoms with E-state index in [1.165, 1.54) is 0 Å². The molecule has 0 atom stereocenters. The standard InChI is InChI=1S/C2H6B4/c1-4-5-6(2)3/h1-2H3. The van der Waals surface area contributed by atoms with Crippen LogP contribution in [0.15, 0.2) is 0 Å². The molecule has 0 saturated carbocycles. The highest BCUT2D eigenvalue weighted by Gasteiger charge is 1.92. The Morgan fingerprint density at radius 2 is 2.17 bits per heavy atom. The second kappa shape index (κ2) is 3.45. The molecular weight excluding hydrogens is 67.3 g/mol. The van der Waals surface area contributed by atoms with Crippen LogP contribution in [0.1, 0.15) is 0 Å². The van der Waals surface area contributed by atoms with Crippen LogP contribution in [-0.4, -0.2) is 28.5 Å². The summed E-state index contributed by atoms with van der Waals surface area (Å²) in [5, 5.41) is 0. The van der Waals surface area contributed by atoms with Crippen LogP contribution < -0.4 is 0 Å². The SMILES string of the molecule is [B]B(C)[B][B]C. The first kappa shape index (κ1) is 6.26. The molecule has 4 heteroatoms. The molecule has 0 spiro atoms. The predicted molar refractivity (Wildman–Crippen MR) is 34.7 cm³/mol. The summed E-state index contributed by atoms with van der Waals surface area (Å²) >= 11 is 0. The van der Waals surface area contributed by atoms with Crippen molar-refractivity contribution in [3.63, 3.8) is 0 Å². The summed E-state index contributed by atoms with van der Waals surface area (Å²) in [6, 6.07) is 0. The van der Waals surface area contributed by atoms with Crippen LogP contribution in [0.4, 0.5) is 0 Å². The third-order valence-corrected chi connectivity index (χ3v) is 0.496. The zero-order valence-electron chi connectivity index (χ0n) is 4.31. The predicted octanol–water partition coefficient (Wildman–Crippen LogP) is -0.356. The van der Waals surface area contributed by atoms with E-state index in [1.807, 2.05) is 27.9 Å². The third-order valence-electron chi connectivity index (χ3n) is 0.496. The van der Waals surface area contributed by atoms with Gasteiger partial charge in [0.05, 0.1) is 7.17 Å². The van der Waals surface area contributed by atoms with Gasteiger partial charge < -0.3 is 0 Å². The van der Waals surface area contributed by atoms with Crippen molar-refractivity contribution in [1.82, 2.24) is 0 Å². The molecule has 0 aliphatic heterocycles. The Labute approximate surface area is 43.0 Å². The summed E-state index contributed by atoms with van der Waals surface area (Å²) in [5.74, 6) is 0. The summed E-state index contributed by atoms with van der Waals surface area (Å²) < 4.78 is 0. The van der Waals surface area contributed by atoms with Crippen molar-refractivity contribution in [3.05, 3.63) is 0 Å². The Kier molecular flexibility index (Phi) is 3.60. The zero-order valence-corrected chi connectivity index (χ0v) is 4.31. The minimum absolute atomic E-state index is 0.218. The van der Waals surface area contributed by atoms with Crippen molar-refractivity contribution in [1.29, 1.82) is 0 Å². The molecule has 0 saturated heterocycles. The summed E-state index contributed by atoms with van der Waals surface area (Å²) in [6.45, 7) is 4.12. The van der Waals surface area contributed by atoms with Crippen molar-refractivity contribution < 1.29 is 0 Å². The Balaban J connectivity index is 2.63. The lowest BCUT2D eigenvalue weighted by Crippen LogP contribution is -2.22. The van der Waals surface area contributed by atoms with Gasteiger partial charge in [0.15, 0.2) is 0 Å². The molecule has 0 N–H and O–H groups in total. The van der Waals surface area contributed by atoms with Crippen LogP contribution in [-0.2, 0) is 0 Å². The Hall–Kier alpha value is 0.260. The molecular formula is C2H6B4. The van der Waals surface area contributed by atoms with Gasteiger partial charge in [-0.2, -0.15) is 0 Å². The van der Waals surface area contributed by atoms with E-state index in [1.54, 1.807) is 0 Å². The highest BCUT2D eigenvalue weighted by atomic mass is 13.0. The lowest BCUT2D eigenvalue weighted by atomic mass is 9.02.